The molecule has 0 aliphatic carbocycles. The van der Waals surface area contributed by atoms with Gasteiger partial charge >= 0.3 is 24.7 Å². The number of halogens is 12. The maximum absolute atomic E-state index is 13.6. The van der Waals surface area contributed by atoms with Gasteiger partial charge in [-0.05, 0) is 18.1 Å². The lowest BCUT2D eigenvalue weighted by atomic mass is 9.67. The highest BCUT2D eigenvalue weighted by Gasteiger charge is 2.70. The fraction of sp³-hybridized carbons (Fsp3) is 0.625. The van der Waals surface area contributed by atoms with Crippen LogP contribution in [0.3, 0.4) is 0 Å². The van der Waals surface area contributed by atoms with Crippen LogP contribution in [0.15, 0.2) is 17.2 Å². The van der Waals surface area contributed by atoms with Gasteiger partial charge in [0.1, 0.15) is 16.8 Å². The lowest BCUT2D eigenvalue weighted by Crippen LogP contribution is -2.62. The summed E-state index contributed by atoms with van der Waals surface area (Å²) < 4.78 is 159. The van der Waals surface area contributed by atoms with Crippen molar-refractivity contribution >= 4 is 11.4 Å². The van der Waals surface area contributed by atoms with E-state index in [2.05, 4.69) is 10.1 Å². The third kappa shape index (κ3) is 4.69. The maximum Gasteiger partial charge on any atom is 0.433 e. The first-order chi connectivity index (χ1) is 14.6. The Morgan fingerprint density at radius 2 is 1.27 bits per heavy atom. The monoisotopic (exact) mass is 507 g/mol. The van der Waals surface area contributed by atoms with Crippen LogP contribution < -0.4 is 5.01 Å². The van der Waals surface area contributed by atoms with Crippen LogP contribution in [0.25, 0.3) is 0 Å². The van der Waals surface area contributed by atoms with Gasteiger partial charge in [0.25, 0.3) is 0 Å². The number of aliphatic hydroxyl groups excluding tert-OH is 2. The van der Waals surface area contributed by atoms with Crippen molar-refractivity contribution in [2.45, 2.75) is 50.9 Å². The van der Waals surface area contributed by atoms with Crippen LogP contribution in [-0.2, 0) is 12.4 Å². The van der Waals surface area contributed by atoms with E-state index in [0.717, 1.165) is 13.8 Å². The van der Waals surface area contributed by atoms with Crippen LogP contribution in [0, 0.1) is 11.3 Å². The molecule has 0 radical (unpaired) electrons. The molecule has 0 saturated carbocycles. The van der Waals surface area contributed by atoms with Crippen molar-refractivity contribution in [1.29, 1.82) is 0 Å². The smallest absolute Gasteiger partial charge is 0.383 e. The first-order valence-electron chi connectivity index (χ1n) is 8.60. The molecule has 0 aromatic carbocycles. The van der Waals surface area contributed by atoms with Crippen LogP contribution in [-0.4, -0.2) is 45.6 Å². The zero-order valence-electron chi connectivity index (χ0n) is 16.2. The molecule has 0 saturated heterocycles. The van der Waals surface area contributed by atoms with Gasteiger partial charge in [0.2, 0.25) is 0 Å². The average molecular weight is 507 g/mol. The molecular weight excluding hydrogens is 494 g/mol. The largest absolute Gasteiger partial charge is 0.433 e. The summed E-state index contributed by atoms with van der Waals surface area (Å²) in [6.07, 6.45) is -29.8. The Bertz CT molecular complexity index is 887. The molecule has 3 atom stereocenters. The number of pyridine rings is 1. The normalized spacial score (nSPS) is 23.8. The Morgan fingerprint density at radius 1 is 0.848 bits per heavy atom. The molecule has 5 nitrogen and oxygen atoms in total. The second-order valence-electron chi connectivity index (χ2n) is 7.29. The van der Waals surface area contributed by atoms with Gasteiger partial charge in [-0.1, -0.05) is 13.8 Å². The van der Waals surface area contributed by atoms with Crippen molar-refractivity contribution in [1.82, 2.24) is 4.98 Å². The van der Waals surface area contributed by atoms with Crippen LogP contribution >= 0.6 is 0 Å². The zero-order chi connectivity index (χ0) is 25.9. The molecule has 1 aliphatic heterocycles. The van der Waals surface area contributed by atoms with Crippen molar-refractivity contribution in [3.05, 3.63) is 23.5 Å². The summed E-state index contributed by atoms with van der Waals surface area (Å²) in [5.74, 6) is -1.92. The summed E-state index contributed by atoms with van der Waals surface area (Å²) in [5, 5.41) is 22.5. The van der Waals surface area contributed by atoms with Crippen LogP contribution in [0.4, 0.5) is 58.4 Å². The van der Waals surface area contributed by atoms with Gasteiger partial charge in [-0.15, -0.1) is 0 Å². The SMILES string of the molecule is CC(C)C1(C(O)C(F)(F)F)C(C(F)(F)F)=NN(c2cc(C(F)(F)F)nc(C(F)(F)F)c2)C1O. The highest BCUT2D eigenvalue weighted by molar-refractivity contribution is 5.99. The number of aromatic nitrogens is 1. The quantitative estimate of drug-likeness (QED) is 0.581. The Balaban J connectivity index is 2.87. The molecule has 2 N–H and O–H groups in total. The zero-order valence-corrected chi connectivity index (χ0v) is 16.2. The molecule has 33 heavy (non-hydrogen) atoms. The molecule has 188 valence electrons. The second-order valence-corrected chi connectivity index (χ2v) is 7.29. The minimum Gasteiger partial charge on any atom is -0.383 e. The Morgan fingerprint density at radius 3 is 1.58 bits per heavy atom. The van der Waals surface area contributed by atoms with E-state index in [1.54, 1.807) is 0 Å². The highest BCUT2D eigenvalue weighted by Crippen LogP contribution is 2.52. The average Bonchev–Trinajstić information content (AvgIpc) is 2.92. The number of hydrazone groups is 1. The molecular formula is C16H13F12N3O2. The van der Waals surface area contributed by atoms with E-state index in [9.17, 15) is 62.9 Å². The topological polar surface area (TPSA) is 69.0 Å². The first-order valence-corrected chi connectivity index (χ1v) is 8.60. The van der Waals surface area contributed by atoms with Crippen molar-refractivity contribution in [3.63, 3.8) is 0 Å². The summed E-state index contributed by atoms with van der Waals surface area (Å²) in [7, 11) is 0. The number of alkyl halides is 12. The van der Waals surface area contributed by atoms with E-state index >= 15 is 0 Å². The molecule has 0 bridgehead atoms. The van der Waals surface area contributed by atoms with Crippen LogP contribution in [0.1, 0.15) is 25.2 Å². The van der Waals surface area contributed by atoms with Gasteiger partial charge in [-0.25, -0.2) is 9.99 Å². The third-order valence-corrected chi connectivity index (χ3v) is 4.92. The number of rotatable bonds is 3. The van der Waals surface area contributed by atoms with Gasteiger partial charge in [-0.2, -0.15) is 57.8 Å². The van der Waals surface area contributed by atoms with Gasteiger partial charge in [0.15, 0.2) is 18.0 Å². The number of anilines is 1. The molecule has 3 unspecified atom stereocenters. The van der Waals surface area contributed by atoms with E-state index in [4.69, 9.17) is 0 Å². The van der Waals surface area contributed by atoms with E-state index in [0.29, 0.717) is 0 Å². The molecule has 0 amide bonds. The second kappa shape index (κ2) is 7.89. The first kappa shape index (κ1) is 26.9. The van der Waals surface area contributed by atoms with E-state index < -0.39 is 76.2 Å². The van der Waals surface area contributed by atoms with Crippen molar-refractivity contribution in [3.8, 4) is 0 Å². The van der Waals surface area contributed by atoms with Crippen molar-refractivity contribution in [2.24, 2.45) is 16.4 Å². The predicted molar refractivity (Wildman–Crippen MR) is 85.5 cm³/mol. The number of aliphatic hydroxyl groups is 2. The fourth-order valence-corrected chi connectivity index (χ4v) is 3.44. The van der Waals surface area contributed by atoms with Gasteiger partial charge in [0.05, 0.1) is 5.69 Å². The summed E-state index contributed by atoms with van der Waals surface area (Å²) in [5.41, 5.74) is -12.2. The molecule has 2 heterocycles. The Hall–Kier alpha value is -2.30. The Kier molecular flexibility index (Phi) is 6.44. The molecule has 2 rings (SSSR count). The molecule has 0 fully saturated rings. The minimum absolute atomic E-state index is 0.230. The number of hydrogen-bond donors (Lipinski definition) is 2. The molecule has 17 heteroatoms. The molecule has 1 aromatic heterocycles. The maximum atomic E-state index is 13.6. The van der Waals surface area contributed by atoms with E-state index in [1.165, 1.54) is 0 Å². The minimum atomic E-state index is -5.79. The lowest BCUT2D eigenvalue weighted by molar-refractivity contribution is -0.248. The molecule has 1 aromatic rings. The Labute approximate surface area is 176 Å². The standard InChI is InChI=1S/C16H13F12N3O2/c1-5(2)12(10(32)16(26,27)28)9(15(23,24)25)30-31(11(12)33)6-3-7(13(17,18)19)29-8(4-6)14(20,21)22/h3-5,10-11,32-33H,1-2H3. The summed E-state index contributed by atoms with van der Waals surface area (Å²) in [6.45, 7) is 1.44. The lowest BCUT2D eigenvalue weighted by Gasteiger charge is -2.42. The summed E-state index contributed by atoms with van der Waals surface area (Å²) in [6, 6.07) is -0.460. The number of nitrogens with zero attached hydrogens (tertiary/aromatic N) is 3. The molecule has 0 spiro atoms. The third-order valence-electron chi connectivity index (χ3n) is 4.92. The van der Waals surface area contributed by atoms with Crippen molar-refractivity contribution < 1.29 is 62.9 Å². The van der Waals surface area contributed by atoms with Gasteiger partial charge in [0, 0.05) is 0 Å². The van der Waals surface area contributed by atoms with Crippen LogP contribution in [0.5, 0.6) is 0 Å². The summed E-state index contributed by atoms with van der Waals surface area (Å²) in [4.78, 5) is 2.33. The fourth-order valence-electron chi connectivity index (χ4n) is 3.44. The number of hydrogen-bond acceptors (Lipinski definition) is 5. The predicted octanol–water partition coefficient (Wildman–Crippen LogP) is 4.74. The molecule has 1 aliphatic rings. The van der Waals surface area contributed by atoms with Crippen LogP contribution in [0.2, 0.25) is 0 Å². The van der Waals surface area contributed by atoms with Gasteiger partial charge in [-0.3, -0.25) is 0 Å². The van der Waals surface area contributed by atoms with E-state index in [-0.39, 0.29) is 12.1 Å². The van der Waals surface area contributed by atoms with Crippen molar-refractivity contribution in [2.75, 3.05) is 5.01 Å². The highest BCUT2D eigenvalue weighted by atomic mass is 19.4. The van der Waals surface area contributed by atoms with Gasteiger partial charge < -0.3 is 10.2 Å². The van der Waals surface area contributed by atoms with E-state index in [1.807, 2.05) is 0 Å². The summed E-state index contributed by atoms with van der Waals surface area (Å²) >= 11 is 0.